The lowest BCUT2D eigenvalue weighted by atomic mass is 9.78. The van der Waals surface area contributed by atoms with Crippen molar-refractivity contribution >= 4 is 6.08 Å². The molecule has 0 saturated heterocycles. The molecule has 0 heterocycles. The number of aliphatic hydroxyl groups is 1. The van der Waals surface area contributed by atoms with Crippen molar-refractivity contribution in [3.8, 4) is 16.9 Å². The van der Waals surface area contributed by atoms with Gasteiger partial charge in [0.25, 0.3) is 0 Å². The van der Waals surface area contributed by atoms with Crippen LogP contribution in [0.5, 0.6) is 5.75 Å². The van der Waals surface area contributed by atoms with Crippen LogP contribution < -0.4 is 4.74 Å². The maximum Gasteiger partial charge on any atom is 0.167 e. The van der Waals surface area contributed by atoms with Gasteiger partial charge in [0, 0.05) is 11.1 Å². The lowest BCUT2D eigenvalue weighted by Gasteiger charge is -2.27. The second kappa shape index (κ2) is 10.9. The molecule has 3 aromatic carbocycles. The van der Waals surface area contributed by atoms with Crippen LogP contribution in [0.1, 0.15) is 55.2 Å². The summed E-state index contributed by atoms with van der Waals surface area (Å²) in [5.74, 6) is -1.21. The van der Waals surface area contributed by atoms with Crippen LogP contribution in [0.3, 0.4) is 0 Å². The number of hydrogen-bond donors (Lipinski definition) is 1. The molecule has 2 nitrogen and oxygen atoms in total. The first-order valence-corrected chi connectivity index (χ1v) is 11.8. The Bertz CT molecular complexity index is 1150. The Kier molecular flexibility index (Phi) is 7.73. The van der Waals surface area contributed by atoms with Crippen LogP contribution in [0.2, 0.25) is 0 Å². The molecule has 0 aromatic heterocycles. The van der Waals surface area contributed by atoms with E-state index in [9.17, 15) is 13.2 Å². The summed E-state index contributed by atoms with van der Waals surface area (Å²) in [5, 5.41) is 9.15. The van der Waals surface area contributed by atoms with Crippen LogP contribution in [-0.4, -0.2) is 11.7 Å². The second-order valence-corrected chi connectivity index (χ2v) is 8.78. The molecule has 0 unspecified atom stereocenters. The predicted molar refractivity (Wildman–Crippen MR) is 129 cm³/mol. The average Bonchev–Trinajstić information content (AvgIpc) is 2.87. The van der Waals surface area contributed by atoms with E-state index in [1.54, 1.807) is 54.6 Å². The Hall–Kier alpha value is -3.05. The summed E-state index contributed by atoms with van der Waals surface area (Å²) >= 11 is 0. The molecule has 0 radical (unpaired) electrons. The molecule has 0 bridgehead atoms. The Morgan fingerprint density at radius 1 is 0.912 bits per heavy atom. The SMILES string of the molecule is CCOc1ccc(C2CCC(C=Cc3ccc(-c4ccc(CO)cc4)c(F)c3F)CC2)cc1F. The number of aliphatic hydroxyl groups excluding tert-OH is 1. The van der Waals surface area contributed by atoms with Gasteiger partial charge in [-0.1, -0.05) is 54.6 Å². The molecular formula is C29H29F3O2. The molecule has 4 rings (SSSR count). The molecule has 0 atom stereocenters. The summed E-state index contributed by atoms with van der Waals surface area (Å²) in [7, 11) is 0. The first kappa shape index (κ1) is 24.1. The van der Waals surface area contributed by atoms with Gasteiger partial charge in [-0.3, -0.25) is 0 Å². The van der Waals surface area contributed by atoms with Crippen molar-refractivity contribution in [2.75, 3.05) is 6.61 Å². The fourth-order valence-corrected chi connectivity index (χ4v) is 4.63. The summed E-state index contributed by atoms with van der Waals surface area (Å²) in [5.41, 5.74) is 2.69. The van der Waals surface area contributed by atoms with E-state index in [4.69, 9.17) is 9.84 Å². The zero-order valence-electron chi connectivity index (χ0n) is 19.2. The van der Waals surface area contributed by atoms with Crippen LogP contribution >= 0.6 is 0 Å². The lowest BCUT2D eigenvalue weighted by Crippen LogP contribution is -2.12. The van der Waals surface area contributed by atoms with Crippen molar-refractivity contribution in [2.45, 2.75) is 45.1 Å². The fourth-order valence-electron chi connectivity index (χ4n) is 4.63. The molecule has 178 valence electrons. The quantitative estimate of drug-likeness (QED) is 0.388. The zero-order valence-corrected chi connectivity index (χ0v) is 19.2. The highest BCUT2D eigenvalue weighted by Gasteiger charge is 2.22. The molecule has 3 aromatic rings. The van der Waals surface area contributed by atoms with Gasteiger partial charge in [0.05, 0.1) is 13.2 Å². The lowest BCUT2D eigenvalue weighted by molar-refractivity contribution is 0.282. The van der Waals surface area contributed by atoms with Crippen LogP contribution in [0.15, 0.2) is 60.7 Å². The molecule has 5 heteroatoms. The fraction of sp³-hybridized carbons (Fsp3) is 0.310. The topological polar surface area (TPSA) is 29.5 Å². The van der Waals surface area contributed by atoms with Crippen molar-refractivity contribution in [1.82, 2.24) is 0 Å². The normalized spacial score (nSPS) is 18.4. The molecule has 34 heavy (non-hydrogen) atoms. The first-order valence-electron chi connectivity index (χ1n) is 11.8. The van der Waals surface area contributed by atoms with E-state index in [2.05, 4.69) is 0 Å². The number of allylic oxidation sites excluding steroid dienone is 1. The summed E-state index contributed by atoms with van der Waals surface area (Å²) in [6, 6.07) is 15.1. The van der Waals surface area contributed by atoms with Gasteiger partial charge < -0.3 is 9.84 Å². The van der Waals surface area contributed by atoms with Gasteiger partial charge in [0.2, 0.25) is 0 Å². The third-order valence-corrected chi connectivity index (χ3v) is 6.61. The Labute approximate surface area is 198 Å². The minimum absolute atomic E-state index is 0.0974. The van der Waals surface area contributed by atoms with Gasteiger partial charge >= 0.3 is 0 Å². The Balaban J connectivity index is 1.40. The highest BCUT2D eigenvalue weighted by atomic mass is 19.2. The number of halogens is 3. The first-order chi connectivity index (χ1) is 16.5. The van der Waals surface area contributed by atoms with Crippen LogP contribution in [0.4, 0.5) is 13.2 Å². The Morgan fingerprint density at radius 2 is 1.65 bits per heavy atom. The van der Waals surface area contributed by atoms with Crippen LogP contribution in [0, 0.1) is 23.4 Å². The minimum atomic E-state index is -0.875. The van der Waals surface area contributed by atoms with E-state index >= 15 is 0 Å². The number of ether oxygens (including phenoxy) is 1. The molecular weight excluding hydrogens is 437 g/mol. The van der Waals surface area contributed by atoms with Gasteiger partial charge in [0.15, 0.2) is 23.2 Å². The maximum absolute atomic E-state index is 14.7. The molecule has 0 amide bonds. The number of benzene rings is 3. The predicted octanol–water partition coefficient (Wildman–Crippen LogP) is 7.65. The highest BCUT2D eigenvalue weighted by Crippen LogP contribution is 2.38. The maximum atomic E-state index is 14.7. The molecule has 1 aliphatic rings. The van der Waals surface area contributed by atoms with Gasteiger partial charge in [-0.25, -0.2) is 13.2 Å². The van der Waals surface area contributed by atoms with E-state index in [1.807, 2.05) is 19.1 Å². The van der Waals surface area contributed by atoms with Gasteiger partial charge in [-0.15, -0.1) is 0 Å². The van der Waals surface area contributed by atoms with Crippen LogP contribution in [-0.2, 0) is 6.61 Å². The van der Waals surface area contributed by atoms with Crippen LogP contribution in [0.25, 0.3) is 17.2 Å². The van der Waals surface area contributed by atoms with E-state index < -0.39 is 11.6 Å². The largest absolute Gasteiger partial charge is 0.491 e. The van der Waals surface area contributed by atoms with Gasteiger partial charge in [-0.05, 0) is 73.3 Å². The summed E-state index contributed by atoms with van der Waals surface area (Å²) in [6.07, 6.45) is 7.29. The zero-order chi connectivity index (χ0) is 24.1. The van der Waals surface area contributed by atoms with Gasteiger partial charge in [-0.2, -0.15) is 0 Å². The standard InChI is InChI=1S/C29H29F3O2/c1-2-34-27-16-14-24(17-26(27)30)21-8-3-19(4-9-21)5-12-23-13-15-25(29(32)28(23)31)22-10-6-20(18-33)7-11-22/h5-7,10-17,19,21,33H,2-4,8-9,18H2,1H3. The smallest absolute Gasteiger partial charge is 0.167 e. The van der Waals surface area contributed by atoms with E-state index in [0.29, 0.717) is 23.7 Å². The average molecular weight is 467 g/mol. The van der Waals surface area contributed by atoms with E-state index in [-0.39, 0.29) is 35.2 Å². The van der Waals surface area contributed by atoms with E-state index in [0.717, 1.165) is 31.2 Å². The van der Waals surface area contributed by atoms with Gasteiger partial charge in [0.1, 0.15) is 0 Å². The molecule has 1 N–H and O–H groups in total. The molecule has 1 aliphatic carbocycles. The third kappa shape index (κ3) is 5.36. The van der Waals surface area contributed by atoms with Crippen molar-refractivity contribution in [2.24, 2.45) is 5.92 Å². The second-order valence-electron chi connectivity index (χ2n) is 8.78. The summed E-state index contributed by atoms with van der Waals surface area (Å²) < 4.78 is 49.0. The Morgan fingerprint density at radius 3 is 2.29 bits per heavy atom. The van der Waals surface area contributed by atoms with Crippen molar-refractivity contribution in [3.05, 3.63) is 94.8 Å². The van der Waals surface area contributed by atoms with Crippen molar-refractivity contribution in [3.63, 3.8) is 0 Å². The number of rotatable bonds is 7. The van der Waals surface area contributed by atoms with Crippen molar-refractivity contribution in [1.29, 1.82) is 0 Å². The third-order valence-electron chi connectivity index (χ3n) is 6.61. The molecule has 1 saturated carbocycles. The molecule has 0 aliphatic heterocycles. The molecule has 1 fully saturated rings. The monoisotopic (exact) mass is 466 g/mol. The summed E-state index contributed by atoms with van der Waals surface area (Å²) in [4.78, 5) is 0. The minimum Gasteiger partial charge on any atom is -0.491 e. The highest BCUT2D eigenvalue weighted by molar-refractivity contribution is 5.67. The number of hydrogen-bond acceptors (Lipinski definition) is 2. The summed E-state index contributed by atoms with van der Waals surface area (Å²) in [6.45, 7) is 2.16. The molecule has 0 spiro atoms. The van der Waals surface area contributed by atoms with E-state index in [1.165, 1.54) is 0 Å². The van der Waals surface area contributed by atoms with Crippen molar-refractivity contribution < 1.29 is 23.0 Å².